The molecular formula is C22H18N2O. The summed E-state index contributed by atoms with van der Waals surface area (Å²) in [4.78, 5) is 6.75. The molecule has 122 valence electrons. The summed E-state index contributed by atoms with van der Waals surface area (Å²) < 4.78 is 6.19. The van der Waals surface area contributed by atoms with Crippen LogP contribution in [-0.4, -0.2) is 12.0 Å². The van der Waals surface area contributed by atoms with E-state index < -0.39 is 0 Å². The quantitative estimate of drug-likeness (QED) is 0.476. The molecule has 3 heteroatoms. The van der Waals surface area contributed by atoms with Gasteiger partial charge in [0, 0.05) is 23.9 Å². The third kappa shape index (κ3) is 3.04. The molecule has 0 bridgehead atoms. The van der Waals surface area contributed by atoms with Crippen LogP contribution in [0.2, 0.25) is 0 Å². The summed E-state index contributed by atoms with van der Waals surface area (Å²) in [5.74, 6) is 0.782. The van der Waals surface area contributed by atoms with Crippen LogP contribution in [0.5, 0.6) is 0 Å². The number of hydrogen-bond acceptors (Lipinski definition) is 3. The smallest absolute Gasteiger partial charge is 0.302 e. The van der Waals surface area contributed by atoms with Crippen LogP contribution in [0.1, 0.15) is 0 Å². The van der Waals surface area contributed by atoms with E-state index in [0.717, 1.165) is 28.3 Å². The molecular weight excluding hydrogens is 308 g/mol. The van der Waals surface area contributed by atoms with Crippen LogP contribution >= 0.6 is 0 Å². The Balaban J connectivity index is 1.84. The van der Waals surface area contributed by atoms with Crippen molar-refractivity contribution < 1.29 is 4.42 Å². The van der Waals surface area contributed by atoms with Gasteiger partial charge >= 0.3 is 6.01 Å². The SMILES string of the molecule is CN(c1ccccc1)c1nc(-c2ccccc2)c(-c2ccccc2)o1. The topological polar surface area (TPSA) is 29.3 Å². The van der Waals surface area contributed by atoms with Gasteiger partial charge in [0.2, 0.25) is 0 Å². The van der Waals surface area contributed by atoms with Gasteiger partial charge in [-0.25, -0.2) is 0 Å². The van der Waals surface area contributed by atoms with Crippen LogP contribution < -0.4 is 4.90 Å². The van der Waals surface area contributed by atoms with Gasteiger partial charge in [0.25, 0.3) is 0 Å². The van der Waals surface area contributed by atoms with E-state index in [1.807, 2.05) is 90.8 Å². The molecule has 4 rings (SSSR count). The molecule has 0 saturated heterocycles. The fourth-order valence-electron chi connectivity index (χ4n) is 2.79. The standard InChI is InChI=1S/C22H18N2O/c1-24(19-15-9-4-10-16-19)22-23-20(17-11-5-2-6-12-17)21(25-22)18-13-7-3-8-14-18/h2-16H,1H3. The molecule has 0 aliphatic heterocycles. The van der Waals surface area contributed by atoms with Gasteiger partial charge in [-0.15, -0.1) is 0 Å². The second-order valence-electron chi connectivity index (χ2n) is 5.80. The maximum absolute atomic E-state index is 6.19. The molecule has 0 saturated carbocycles. The van der Waals surface area contributed by atoms with E-state index in [9.17, 15) is 0 Å². The fraction of sp³-hybridized carbons (Fsp3) is 0.0455. The minimum absolute atomic E-state index is 0.573. The highest BCUT2D eigenvalue weighted by atomic mass is 16.4. The molecule has 0 aliphatic rings. The Morgan fingerprint density at radius 2 is 1.20 bits per heavy atom. The summed E-state index contributed by atoms with van der Waals surface area (Å²) in [7, 11) is 1.96. The zero-order chi connectivity index (χ0) is 17.1. The van der Waals surface area contributed by atoms with Gasteiger partial charge in [-0.05, 0) is 12.1 Å². The molecule has 3 aromatic carbocycles. The third-order valence-corrected chi connectivity index (χ3v) is 4.13. The van der Waals surface area contributed by atoms with E-state index >= 15 is 0 Å². The highest BCUT2D eigenvalue weighted by Gasteiger charge is 2.19. The summed E-state index contributed by atoms with van der Waals surface area (Å²) >= 11 is 0. The first-order chi connectivity index (χ1) is 12.3. The van der Waals surface area contributed by atoms with Gasteiger partial charge in [-0.3, -0.25) is 4.90 Å². The van der Waals surface area contributed by atoms with E-state index in [1.165, 1.54) is 0 Å². The highest BCUT2D eigenvalue weighted by Crippen LogP contribution is 2.36. The molecule has 1 aromatic heterocycles. The number of rotatable bonds is 4. The summed E-state index contributed by atoms with van der Waals surface area (Å²) in [5.41, 5.74) is 3.94. The van der Waals surface area contributed by atoms with Crippen molar-refractivity contribution in [3.63, 3.8) is 0 Å². The van der Waals surface area contributed by atoms with E-state index in [4.69, 9.17) is 9.40 Å². The largest absolute Gasteiger partial charge is 0.423 e. The van der Waals surface area contributed by atoms with Crippen LogP contribution in [0.25, 0.3) is 22.6 Å². The number of hydrogen-bond donors (Lipinski definition) is 0. The molecule has 0 aliphatic carbocycles. The number of benzene rings is 3. The summed E-state index contributed by atoms with van der Waals surface area (Å²) in [6.45, 7) is 0. The summed E-state index contributed by atoms with van der Waals surface area (Å²) in [5, 5.41) is 0. The molecule has 1 heterocycles. The molecule has 0 atom stereocenters. The normalized spacial score (nSPS) is 10.6. The predicted molar refractivity (Wildman–Crippen MR) is 102 cm³/mol. The average Bonchev–Trinajstić information content (AvgIpc) is 3.15. The van der Waals surface area contributed by atoms with Crippen LogP contribution in [0, 0.1) is 0 Å². The number of oxazole rings is 1. The first-order valence-corrected chi connectivity index (χ1v) is 8.23. The van der Waals surface area contributed by atoms with Gasteiger partial charge < -0.3 is 4.42 Å². The van der Waals surface area contributed by atoms with Gasteiger partial charge in [0.05, 0.1) is 0 Å². The maximum atomic E-state index is 6.19. The molecule has 0 fully saturated rings. The molecule has 25 heavy (non-hydrogen) atoms. The second-order valence-corrected chi connectivity index (χ2v) is 5.80. The van der Waals surface area contributed by atoms with Crippen molar-refractivity contribution in [2.45, 2.75) is 0 Å². The monoisotopic (exact) mass is 326 g/mol. The van der Waals surface area contributed by atoms with Gasteiger partial charge in [-0.1, -0.05) is 78.9 Å². The van der Waals surface area contributed by atoms with Crippen molar-refractivity contribution in [2.24, 2.45) is 0 Å². The maximum Gasteiger partial charge on any atom is 0.302 e. The minimum atomic E-state index is 0.573. The Labute approximate surface area is 147 Å². The molecule has 0 amide bonds. The average molecular weight is 326 g/mol. The number of nitrogens with zero attached hydrogens (tertiary/aromatic N) is 2. The van der Waals surface area contributed by atoms with Crippen molar-refractivity contribution in [3.05, 3.63) is 91.0 Å². The fourth-order valence-corrected chi connectivity index (χ4v) is 2.79. The predicted octanol–water partition coefficient (Wildman–Crippen LogP) is 5.78. The first-order valence-electron chi connectivity index (χ1n) is 8.23. The van der Waals surface area contributed by atoms with Crippen molar-refractivity contribution in [3.8, 4) is 22.6 Å². The molecule has 3 nitrogen and oxygen atoms in total. The first kappa shape index (κ1) is 15.2. The van der Waals surface area contributed by atoms with E-state index in [1.54, 1.807) is 0 Å². The number of aromatic nitrogens is 1. The molecule has 0 unspecified atom stereocenters. The number of anilines is 2. The van der Waals surface area contributed by atoms with Gasteiger partial charge in [0.1, 0.15) is 5.69 Å². The lowest BCUT2D eigenvalue weighted by molar-refractivity contribution is 0.575. The highest BCUT2D eigenvalue weighted by molar-refractivity contribution is 5.78. The van der Waals surface area contributed by atoms with Crippen molar-refractivity contribution in [1.29, 1.82) is 0 Å². The lowest BCUT2D eigenvalue weighted by Gasteiger charge is -2.13. The zero-order valence-electron chi connectivity index (χ0n) is 14.0. The van der Waals surface area contributed by atoms with Crippen molar-refractivity contribution in [1.82, 2.24) is 4.98 Å². The Kier molecular flexibility index (Phi) is 4.05. The zero-order valence-corrected chi connectivity index (χ0v) is 14.0. The van der Waals surface area contributed by atoms with Crippen LogP contribution in [0.4, 0.5) is 11.7 Å². The summed E-state index contributed by atoms with van der Waals surface area (Å²) in [6, 6.07) is 30.9. The van der Waals surface area contributed by atoms with Gasteiger partial charge in [0.15, 0.2) is 5.76 Å². The van der Waals surface area contributed by atoms with Gasteiger partial charge in [-0.2, -0.15) is 4.98 Å². The molecule has 4 aromatic rings. The minimum Gasteiger partial charge on any atom is -0.423 e. The van der Waals surface area contributed by atoms with Crippen LogP contribution in [0.15, 0.2) is 95.4 Å². The summed E-state index contributed by atoms with van der Waals surface area (Å²) in [6.07, 6.45) is 0. The Bertz CT molecular complexity index is 890. The Morgan fingerprint density at radius 3 is 1.80 bits per heavy atom. The number of para-hydroxylation sites is 1. The molecule has 0 spiro atoms. The van der Waals surface area contributed by atoms with E-state index in [0.29, 0.717) is 6.01 Å². The van der Waals surface area contributed by atoms with Crippen LogP contribution in [0.3, 0.4) is 0 Å². The lowest BCUT2D eigenvalue weighted by atomic mass is 10.1. The third-order valence-electron chi connectivity index (χ3n) is 4.13. The van der Waals surface area contributed by atoms with Crippen molar-refractivity contribution in [2.75, 3.05) is 11.9 Å². The molecule has 0 N–H and O–H groups in total. The molecule has 0 radical (unpaired) electrons. The Morgan fingerprint density at radius 1 is 0.680 bits per heavy atom. The van der Waals surface area contributed by atoms with E-state index in [2.05, 4.69) is 12.1 Å². The Hall–Kier alpha value is -3.33. The van der Waals surface area contributed by atoms with Crippen molar-refractivity contribution >= 4 is 11.7 Å². The van der Waals surface area contributed by atoms with Crippen LogP contribution in [-0.2, 0) is 0 Å². The van der Waals surface area contributed by atoms with E-state index in [-0.39, 0.29) is 0 Å². The second kappa shape index (κ2) is 6.65. The lowest BCUT2D eigenvalue weighted by Crippen LogP contribution is -2.09.